The Hall–Kier alpha value is -3.15. The van der Waals surface area contributed by atoms with Gasteiger partial charge in [-0.15, -0.1) is 0 Å². The van der Waals surface area contributed by atoms with Crippen LogP contribution in [0.5, 0.6) is 5.75 Å². The average Bonchev–Trinajstić information content (AvgIpc) is 3.46. The Bertz CT molecular complexity index is 1750. The van der Waals surface area contributed by atoms with Crippen molar-refractivity contribution in [3.8, 4) is 11.4 Å². The van der Waals surface area contributed by atoms with Crippen LogP contribution in [0.3, 0.4) is 0 Å². The number of rotatable bonds is 10. The fraction of sp³-hybridized carbons (Fsp3) is 0.371. The van der Waals surface area contributed by atoms with E-state index >= 15 is 4.39 Å². The monoisotopic (exact) mass is 703 g/mol. The normalized spacial score (nSPS) is 15.8. The molecule has 4 aromatic rings. The van der Waals surface area contributed by atoms with E-state index in [4.69, 9.17) is 32.9 Å². The number of hydrogen-bond donors (Lipinski definition) is 2. The van der Waals surface area contributed by atoms with Crippen molar-refractivity contribution >= 4 is 40.9 Å². The fourth-order valence-corrected chi connectivity index (χ4v) is 7.28. The number of nitrogens with zero attached hydrogens (tertiary/aromatic N) is 3. The number of benzene rings is 3. The minimum atomic E-state index is -0.998. The SMILES string of the molecule is COc1cc(C(C)(C)c2cnc(SCc3c(F)cc(C(=O)NCC4(O)CC[N+](C)(C)CC4)cc3Cl)n2-c2ccc(F)cc2)ccc1Cl. The summed E-state index contributed by atoms with van der Waals surface area (Å²) in [5.41, 5.74) is 1.09. The summed E-state index contributed by atoms with van der Waals surface area (Å²) in [5.74, 6) is -0.849. The van der Waals surface area contributed by atoms with Gasteiger partial charge in [-0.05, 0) is 54.1 Å². The Morgan fingerprint density at radius 2 is 1.77 bits per heavy atom. The molecular weight excluding hydrogens is 665 g/mol. The first kappa shape index (κ1) is 35.2. The Balaban J connectivity index is 1.38. The van der Waals surface area contributed by atoms with Gasteiger partial charge in [0.05, 0.1) is 56.8 Å². The predicted octanol–water partition coefficient (Wildman–Crippen LogP) is 7.42. The zero-order valence-electron chi connectivity index (χ0n) is 27.0. The highest BCUT2D eigenvalue weighted by molar-refractivity contribution is 7.98. The van der Waals surface area contributed by atoms with Crippen LogP contribution in [0.15, 0.2) is 66.0 Å². The second-order valence-electron chi connectivity index (χ2n) is 13.2. The maximum atomic E-state index is 15.5. The molecule has 3 aromatic carbocycles. The summed E-state index contributed by atoms with van der Waals surface area (Å²) in [6, 6.07) is 14.2. The Morgan fingerprint density at radius 1 is 1.09 bits per heavy atom. The van der Waals surface area contributed by atoms with Crippen LogP contribution in [0.1, 0.15) is 53.9 Å². The number of likely N-dealkylation sites (tertiary alicyclic amines) is 1. The van der Waals surface area contributed by atoms with E-state index in [-0.39, 0.29) is 34.3 Å². The van der Waals surface area contributed by atoms with Crippen LogP contribution in [-0.2, 0) is 11.2 Å². The first-order valence-corrected chi connectivity index (χ1v) is 17.0. The van der Waals surface area contributed by atoms with E-state index in [9.17, 15) is 14.3 Å². The summed E-state index contributed by atoms with van der Waals surface area (Å²) in [7, 11) is 5.77. The zero-order valence-corrected chi connectivity index (χ0v) is 29.4. The van der Waals surface area contributed by atoms with Gasteiger partial charge in [-0.2, -0.15) is 0 Å². The minimum Gasteiger partial charge on any atom is -0.495 e. The number of nitrogens with one attached hydrogen (secondary N) is 1. The Kier molecular flexibility index (Phi) is 10.3. The number of ether oxygens (including phenoxy) is 1. The van der Waals surface area contributed by atoms with Crippen molar-refractivity contribution in [1.29, 1.82) is 0 Å². The van der Waals surface area contributed by atoms with Gasteiger partial charge in [-0.3, -0.25) is 9.36 Å². The number of halogens is 4. The lowest BCUT2D eigenvalue weighted by atomic mass is 9.81. The maximum Gasteiger partial charge on any atom is 0.251 e. The van der Waals surface area contributed by atoms with Gasteiger partial charge < -0.3 is 19.6 Å². The van der Waals surface area contributed by atoms with E-state index < -0.39 is 22.7 Å². The number of carbonyl (C=O) groups is 1. The number of imidazole rings is 1. The minimum absolute atomic E-state index is 0.0759. The lowest BCUT2D eigenvalue weighted by Crippen LogP contribution is -2.56. The fourth-order valence-electron chi connectivity index (χ4n) is 5.70. The Labute approximate surface area is 288 Å². The number of methoxy groups -OCH3 is 1. The second-order valence-corrected chi connectivity index (χ2v) is 15.0. The van der Waals surface area contributed by atoms with Crippen molar-refractivity contribution in [2.24, 2.45) is 0 Å². The molecule has 1 aromatic heterocycles. The van der Waals surface area contributed by atoms with Gasteiger partial charge in [0, 0.05) is 52.4 Å². The van der Waals surface area contributed by atoms with Crippen molar-refractivity contribution in [3.63, 3.8) is 0 Å². The smallest absolute Gasteiger partial charge is 0.251 e. The van der Waals surface area contributed by atoms with Crippen molar-refractivity contribution in [3.05, 3.63) is 105 Å². The average molecular weight is 705 g/mol. The Morgan fingerprint density at radius 3 is 2.40 bits per heavy atom. The molecule has 0 radical (unpaired) electrons. The van der Waals surface area contributed by atoms with E-state index in [0.717, 1.165) is 34.9 Å². The highest BCUT2D eigenvalue weighted by atomic mass is 35.5. The zero-order chi connectivity index (χ0) is 34.1. The number of quaternary nitrogens is 1. The molecule has 2 N–H and O–H groups in total. The van der Waals surface area contributed by atoms with Crippen molar-refractivity contribution in [2.45, 2.75) is 48.6 Å². The van der Waals surface area contributed by atoms with Crippen LogP contribution >= 0.6 is 35.0 Å². The van der Waals surface area contributed by atoms with Crippen LogP contribution in [0, 0.1) is 11.6 Å². The van der Waals surface area contributed by atoms with Gasteiger partial charge in [0.2, 0.25) is 0 Å². The molecular formula is C35H39Cl2F2N4O3S+. The standard InChI is InChI=1S/C35H38Cl2F2N4O3S/c1-34(2,23-6-11-27(36)30(18-23)46-5)31-19-40-33(42(31)25-9-7-24(38)8-10-25)47-20-26-28(37)16-22(17-29(26)39)32(44)41-21-35(45)12-14-43(3,4)15-13-35/h6-11,16-19,45H,12-15,20-21H2,1-5H3/p+1. The number of thioether (sulfide) groups is 1. The molecule has 0 aliphatic carbocycles. The predicted molar refractivity (Wildman–Crippen MR) is 183 cm³/mol. The third kappa shape index (κ3) is 7.78. The largest absolute Gasteiger partial charge is 0.495 e. The van der Waals surface area contributed by atoms with E-state index in [2.05, 4.69) is 19.4 Å². The van der Waals surface area contributed by atoms with E-state index in [1.165, 1.54) is 30.0 Å². The van der Waals surface area contributed by atoms with Gasteiger partial charge in [0.15, 0.2) is 5.16 Å². The van der Waals surface area contributed by atoms with Gasteiger partial charge in [0.1, 0.15) is 17.4 Å². The molecule has 2 heterocycles. The topological polar surface area (TPSA) is 76.4 Å². The number of aromatic nitrogens is 2. The molecule has 0 spiro atoms. The molecule has 0 unspecified atom stereocenters. The highest BCUT2D eigenvalue weighted by Gasteiger charge is 2.37. The van der Waals surface area contributed by atoms with E-state index in [1.54, 1.807) is 31.5 Å². The summed E-state index contributed by atoms with van der Waals surface area (Å²) >= 11 is 14.1. The van der Waals surface area contributed by atoms with Crippen molar-refractivity contribution in [1.82, 2.24) is 14.9 Å². The first-order valence-electron chi connectivity index (χ1n) is 15.2. The number of amides is 1. The number of carbonyl (C=O) groups excluding carboxylic acids is 1. The number of piperidine rings is 1. The van der Waals surface area contributed by atoms with Gasteiger partial charge in [-0.25, -0.2) is 13.8 Å². The molecule has 7 nitrogen and oxygen atoms in total. The van der Waals surface area contributed by atoms with E-state index in [1.807, 2.05) is 30.5 Å². The van der Waals surface area contributed by atoms with Gasteiger partial charge in [-0.1, -0.05) is 54.9 Å². The maximum absolute atomic E-state index is 15.5. The molecule has 1 aliphatic heterocycles. The molecule has 47 heavy (non-hydrogen) atoms. The van der Waals surface area contributed by atoms with Crippen LogP contribution in [0.2, 0.25) is 10.0 Å². The van der Waals surface area contributed by atoms with Crippen LogP contribution in [0.4, 0.5) is 8.78 Å². The molecule has 0 bridgehead atoms. The molecule has 1 amide bonds. The number of hydrogen-bond acceptors (Lipinski definition) is 5. The molecule has 1 saturated heterocycles. The first-order chi connectivity index (χ1) is 22.1. The summed E-state index contributed by atoms with van der Waals surface area (Å²) in [6.45, 7) is 5.75. The molecule has 0 atom stereocenters. The molecule has 0 saturated carbocycles. The molecule has 1 aliphatic rings. The molecule has 5 rings (SSSR count). The summed E-state index contributed by atoms with van der Waals surface area (Å²) in [4.78, 5) is 17.6. The third-order valence-electron chi connectivity index (χ3n) is 9.02. The lowest BCUT2D eigenvalue weighted by molar-refractivity contribution is -0.897. The molecule has 1 fully saturated rings. The van der Waals surface area contributed by atoms with Gasteiger partial charge >= 0.3 is 0 Å². The van der Waals surface area contributed by atoms with E-state index in [0.29, 0.717) is 34.5 Å². The molecule has 250 valence electrons. The summed E-state index contributed by atoms with van der Waals surface area (Å²) < 4.78 is 37.6. The van der Waals surface area contributed by atoms with Crippen LogP contribution < -0.4 is 10.1 Å². The summed E-state index contributed by atoms with van der Waals surface area (Å²) in [5, 5.41) is 14.8. The van der Waals surface area contributed by atoms with Crippen molar-refractivity contribution in [2.75, 3.05) is 40.8 Å². The second kappa shape index (κ2) is 13.8. The summed E-state index contributed by atoms with van der Waals surface area (Å²) in [6.07, 6.45) is 2.87. The quantitative estimate of drug-likeness (QED) is 0.133. The van der Waals surface area contributed by atoms with Crippen LogP contribution in [-0.4, -0.2) is 71.5 Å². The highest BCUT2D eigenvalue weighted by Crippen LogP contribution is 2.40. The third-order valence-corrected chi connectivity index (χ3v) is 10.6. The lowest BCUT2D eigenvalue weighted by Gasteiger charge is -2.41. The van der Waals surface area contributed by atoms with Crippen LogP contribution in [0.25, 0.3) is 5.69 Å². The van der Waals surface area contributed by atoms with Crippen molar-refractivity contribution < 1.29 is 27.9 Å². The van der Waals surface area contributed by atoms with Gasteiger partial charge in [0.25, 0.3) is 5.91 Å². The number of aliphatic hydroxyl groups is 1. The molecule has 12 heteroatoms.